The van der Waals surface area contributed by atoms with Crippen molar-refractivity contribution >= 4 is 16.9 Å². The van der Waals surface area contributed by atoms with Gasteiger partial charge in [-0.05, 0) is 25.5 Å². The molecule has 1 aliphatic heterocycles. The quantitative estimate of drug-likeness (QED) is 0.881. The first kappa shape index (κ1) is 15.4. The van der Waals surface area contributed by atoms with E-state index in [0.717, 1.165) is 19.5 Å². The van der Waals surface area contributed by atoms with Crippen LogP contribution in [-0.2, 0) is 7.05 Å². The van der Waals surface area contributed by atoms with Gasteiger partial charge in [0.2, 0.25) is 0 Å². The number of hydrogen-bond donors (Lipinski definition) is 1. The fraction of sp³-hybridized carbons (Fsp3) is 0.500. The maximum Gasteiger partial charge on any atom is 0.349 e. The Morgan fingerprint density at radius 3 is 2.91 bits per heavy atom. The standard InChI is InChI=1S/C16H20N6O/c1-4-11-9-22(10(2)8-18-11)15-14-13(21(3)16(23)20-15)6-5-12(7-17)19-14/h5-6,10-11,18H,4,8-9H2,1-3H3/t10-,11+/m0/s1. The lowest BCUT2D eigenvalue weighted by Crippen LogP contribution is -2.56. The number of aromatic nitrogens is 3. The van der Waals surface area contributed by atoms with Crippen molar-refractivity contribution in [1.82, 2.24) is 19.9 Å². The molecule has 1 aliphatic rings. The summed E-state index contributed by atoms with van der Waals surface area (Å²) in [4.78, 5) is 23.0. The lowest BCUT2D eigenvalue weighted by molar-refractivity contribution is 0.395. The van der Waals surface area contributed by atoms with Gasteiger partial charge in [-0.2, -0.15) is 10.2 Å². The Morgan fingerprint density at radius 2 is 2.22 bits per heavy atom. The van der Waals surface area contributed by atoms with Gasteiger partial charge in [0.05, 0.1) is 5.52 Å². The van der Waals surface area contributed by atoms with Crippen molar-refractivity contribution in [3.63, 3.8) is 0 Å². The van der Waals surface area contributed by atoms with Crippen LogP contribution in [0, 0.1) is 11.3 Å². The van der Waals surface area contributed by atoms with Crippen molar-refractivity contribution in [2.24, 2.45) is 7.05 Å². The number of rotatable bonds is 2. The van der Waals surface area contributed by atoms with Crippen LogP contribution in [0.1, 0.15) is 26.0 Å². The molecule has 0 aromatic carbocycles. The third kappa shape index (κ3) is 2.66. The van der Waals surface area contributed by atoms with Crippen molar-refractivity contribution in [3.05, 3.63) is 28.3 Å². The Balaban J connectivity index is 2.21. The van der Waals surface area contributed by atoms with E-state index in [4.69, 9.17) is 5.26 Å². The van der Waals surface area contributed by atoms with Crippen molar-refractivity contribution in [1.29, 1.82) is 5.26 Å². The zero-order valence-electron chi connectivity index (χ0n) is 13.6. The smallest absolute Gasteiger partial charge is 0.349 e. The molecule has 0 radical (unpaired) electrons. The lowest BCUT2D eigenvalue weighted by Gasteiger charge is -2.39. The molecular weight excluding hydrogens is 292 g/mol. The molecule has 1 fully saturated rings. The molecule has 0 unspecified atom stereocenters. The Labute approximate surface area is 134 Å². The first-order valence-electron chi connectivity index (χ1n) is 7.83. The summed E-state index contributed by atoms with van der Waals surface area (Å²) in [5.41, 5.74) is 1.32. The molecule has 1 saturated heterocycles. The summed E-state index contributed by atoms with van der Waals surface area (Å²) in [5, 5.41) is 12.6. The van der Waals surface area contributed by atoms with E-state index in [1.807, 2.05) is 0 Å². The fourth-order valence-electron chi connectivity index (χ4n) is 2.97. The van der Waals surface area contributed by atoms with Crippen LogP contribution in [-0.4, -0.2) is 39.7 Å². The van der Waals surface area contributed by atoms with E-state index in [1.165, 1.54) is 4.57 Å². The Bertz CT molecular complexity index is 837. The maximum atomic E-state index is 12.2. The van der Waals surface area contributed by atoms with Gasteiger partial charge in [0.15, 0.2) is 5.82 Å². The minimum atomic E-state index is -0.308. The number of piperazine rings is 1. The van der Waals surface area contributed by atoms with Gasteiger partial charge in [-0.15, -0.1) is 0 Å². The molecule has 2 aromatic rings. The molecular formula is C16H20N6O. The number of nitriles is 1. The molecule has 7 heteroatoms. The van der Waals surface area contributed by atoms with Crippen LogP contribution < -0.4 is 15.9 Å². The van der Waals surface area contributed by atoms with Gasteiger partial charge in [0, 0.05) is 32.2 Å². The maximum absolute atomic E-state index is 12.2. The average molecular weight is 312 g/mol. The molecule has 0 amide bonds. The molecule has 0 spiro atoms. The molecule has 120 valence electrons. The summed E-state index contributed by atoms with van der Waals surface area (Å²) in [6, 6.07) is 6.00. The van der Waals surface area contributed by atoms with E-state index >= 15 is 0 Å². The van der Waals surface area contributed by atoms with E-state index < -0.39 is 0 Å². The molecule has 0 bridgehead atoms. The average Bonchev–Trinajstić information content (AvgIpc) is 2.58. The molecule has 0 saturated carbocycles. The highest BCUT2D eigenvalue weighted by Crippen LogP contribution is 2.25. The zero-order chi connectivity index (χ0) is 16.6. The van der Waals surface area contributed by atoms with Crippen LogP contribution in [0.25, 0.3) is 11.0 Å². The molecule has 2 aromatic heterocycles. The summed E-state index contributed by atoms with van der Waals surface area (Å²) in [7, 11) is 1.67. The number of nitrogens with zero attached hydrogens (tertiary/aromatic N) is 5. The van der Waals surface area contributed by atoms with Gasteiger partial charge in [0.1, 0.15) is 17.3 Å². The summed E-state index contributed by atoms with van der Waals surface area (Å²) in [6.45, 7) is 5.83. The molecule has 2 atom stereocenters. The van der Waals surface area contributed by atoms with Crippen LogP contribution in [0.5, 0.6) is 0 Å². The largest absolute Gasteiger partial charge is 0.349 e. The first-order chi connectivity index (χ1) is 11.0. The van der Waals surface area contributed by atoms with E-state index in [2.05, 4.69) is 40.1 Å². The van der Waals surface area contributed by atoms with Gasteiger partial charge in [-0.25, -0.2) is 9.78 Å². The van der Waals surface area contributed by atoms with Crippen molar-refractivity contribution in [2.75, 3.05) is 18.0 Å². The topological polar surface area (TPSA) is 86.8 Å². The highest BCUT2D eigenvalue weighted by molar-refractivity contribution is 5.86. The second-order valence-electron chi connectivity index (χ2n) is 5.97. The Hall–Kier alpha value is -2.46. The van der Waals surface area contributed by atoms with E-state index in [-0.39, 0.29) is 11.7 Å². The number of hydrogen-bond acceptors (Lipinski definition) is 6. The van der Waals surface area contributed by atoms with Gasteiger partial charge < -0.3 is 10.2 Å². The molecule has 3 heterocycles. The predicted octanol–water partition coefficient (Wildman–Crippen LogP) is 0.777. The van der Waals surface area contributed by atoms with Crippen LogP contribution >= 0.6 is 0 Å². The van der Waals surface area contributed by atoms with Gasteiger partial charge in [-0.3, -0.25) is 4.57 Å². The summed E-state index contributed by atoms with van der Waals surface area (Å²) in [6.07, 6.45) is 1.00. The number of pyridine rings is 1. The number of anilines is 1. The number of aryl methyl sites for hydroxylation is 1. The summed E-state index contributed by atoms with van der Waals surface area (Å²) >= 11 is 0. The predicted molar refractivity (Wildman–Crippen MR) is 88.4 cm³/mol. The van der Waals surface area contributed by atoms with Crippen LogP contribution in [0.15, 0.2) is 16.9 Å². The normalized spacial score (nSPS) is 21.4. The second kappa shape index (κ2) is 5.97. The van der Waals surface area contributed by atoms with E-state index in [1.54, 1.807) is 19.2 Å². The minimum Gasteiger partial charge on any atom is -0.349 e. The van der Waals surface area contributed by atoms with Gasteiger partial charge >= 0.3 is 5.69 Å². The second-order valence-corrected chi connectivity index (χ2v) is 5.97. The third-order valence-corrected chi connectivity index (χ3v) is 4.47. The number of nitrogens with one attached hydrogen (secondary N) is 1. The highest BCUT2D eigenvalue weighted by atomic mass is 16.1. The lowest BCUT2D eigenvalue weighted by atomic mass is 10.1. The monoisotopic (exact) mass is 312 g/mol. The van der Waals surface area contributed by atoms with Crippen molar-refractivity contribution in [2.45, 2.75) is 32.4 Å². The summed E-state index contributed by atoms with van der Waals surface area (Å²) < 4.78 is 1.47. The Morgan fingerprint density at radius 1 is 1.43 bits per heavy atom. The molecule has 23 heavy (non-hydrogen) atoms. The zero-order valence-corrected chi connectivity index (χ0v) is 13.6. The van der Waals surface area contributed by atoms with Crippen LogP contribution in [0.2, 0.25) is 0 Å². The highest BCUT2D eigenvalue weighted by Gasteiger charge is 2.27. The molecule has 7 nitrogen and oxygen atoms in total. The number of fused-ring (bicyclic) bond motifs is 1. The van der Waals surface area contributed by atoms with E-state index in [9.17, 15) is 4.79 Å². The van der Waals surface area contributed by atoms with Gasteiger partial charge in [-0.1, -0.05) is 6.92 Å². The molecule has 1 N–H and O–H groups in total. The minimum absolute atomic E-state index is 0.202. The van der Waals surface area contributed by atoms with Crippen LogP contribution in [0.4, 0.5) is 5.82 Å². The van der Waals surface area contributed by atoms with Crippen molar-refractivity contribution < 1.29 is 0 Å². The fourth-order valence-corrected chi connectivity index (χ4v) is 2.97. The van der Waals surface area contributed by atoms with Crippen molar-refractivity contribution in [3.8, 4) is 6.07 Å². The first-order valence-corrected chi connectivity index (χ1v) is 7.83. The SMILES string of the molecule is CC[C@@H]1CN(c2nc(=O)n(C)c3ccc(C#N)nc23)[C@@H](C)CN1. The summed E-state index contributed by atoms with van der Waals surface area (Å²) in [5.74, 6) is 0.577. The molecule has 0 aliphatic carbocycles. The van der Waals surface area contributed by atoms with Gasteiger partial charge in [0.25, 0.3) is 0 Å². The molecule has 3 rings (SSSR count). The Kier molecular flexibility index (Phi) is 4.01. The third-order valence-electron chi connectivity index (χ3n) is 4.47. The van der Waals surface area contributed by atoms with E-state index in [0.29, 0.717) is 28.6 Å². The van der Waals surface area contributed by atoms with Crippen LogP contribution in [0.3, 0.4) is 0 Å².